The molecule has 1 heterocycles. The second-order valence-electron chi connectivity index (χ2n) is 5.14. The molecular weight excluding hydrogens is 279 g/mol. The third kappa shape index (κ3) is 2.68. The van der Waals surface area contributed by atoms with E-state index in [4.69, 9.17) is 0 Å². The van der Waals surface area contributed by atoms with Crippen LogP contribution in [-0.4, -0.2) is 11.7 Å². The van der Waals surface area contributed by atoms with Gasteiger partial charge in [0, 0.05) is 24.3 Å². The van der Waals surface area contributed by atoms with Gasteiger partial charge in [0.1, 0.15) is 5.75 Å². The Bertz CT molecular complexity index is 667. The monoisotopic (exact) mass is 293 g/mol. The highest BCUT2D eigenvalue weighted by molar-refractivity contribution is 5.58. The fourth-order valence-corrected chi connectivity index (χ4v) is 2.66. The van der Waals surface area contributed by atoms with Crippen molar-refractivity contribution in [3.63, 3.8) is 0 Å². The summed E-state index contributed by atoms with van der Waals surface area (Å²) in [6.07, 6.45) is -3.53. The summed E-state index contributed by atoms with van der Waals surface area (Å²) in [6.45, 7) is 1.02. The number of rotatable bonds is 2. The summed E-state index contributed by atoms with van der Waals surface area (Å²) in [5.41, 5.74) is 1.77. The maximum Gasteiger partial charge on any atom is 0.416 e. The lowest BCUT2D eigenvalue weighted by atomic mass is 10.1. The highest BCUT2D eigenvalue weighted by Crippen LogP contribution is 2.34. The molecule has 0 spiro atoms. The third-order valence-electron chi connectivity index (χ3n) is 3.75. The summed E-state index contributed by atoms with van der Waals surface area (Å²) < 4.78 is 38.3. The molecule has 0 aromatic heterocycles. The standard InChI is InChI=1S/C16H14F3NO/c17-16(18,19)13-5-6-15(21)12(9-13)10-20-8-7-11-3-1-2-4-14(11)20/h1-6,9,21H,7-8,10H2. The van der Waals surface area contributed by atoms with Crippen LogP contribution in [0, 0.1) is 0 Å². The Hall–Kier alpha value is -2.17. The minimum absolute atomic E-state index is 0.104. The van der Waals surface area contributed by atoms with E-state index in [9.17, 15) is 18.3 Å². The van der Waals surface area contributed by atoms with E-state index in [1.54, 1.807) is 0 Å². The van der Waals surface area contributed by atoms with E-state index < -0.39 is 11.7 Å². The molecule has 0 amide bonds. The van der Waals surface area contributed by atoms with Crippen molar-refractivity contribution in [3.05, 3.63) is 59.2 Å². The fraction of sp³-hybridized carbons (Fsp3) is 0.250. The van der Waals surface area contributed by atoms with Crippen molar-refractivity contribution in [3.8, 4) is 5.75 Å². The number of anilines is 1. The van der Waals surface area contributed by atoms with Gasteiger partial charge in [-0.25, -0.2) is 0 Å². The minimum atomic E-state index is -4.40. The van der Waals surface area contributed by atoms with Crippen LogP contribution >= 0.6 is 0 Å². The van der Waals surface area contributed by atoms with Gasteiger partial charge in [0.05, 0.1) is 5.56 Å². The summed E-state index contributed by atoms with van der Waals surface area (Å²) in [5.74, 6) is -0.104. The van der Waals surface area contributed by atoms with E-state index >= 15 is 0 Å². The van der Waals surface area contributed by atoms with Crippen LogP contribution in [-0.2, 0) is 19.1 Å². The number of phenolic OH excluding ortho intramolecular Hbond substituents is 1. The number of para-hydroxylation sites is 1. The van der Waals surface area contributed by atoms with Crippen molar-refractivity contribution in [2.24, 2.45) is 0 Å². The molecule has 0 bridgehead atoms. The van der Waals surface area contributed by atoms with Crippen LogP contribution in [0.1, 0.15) is 16.7 Å². The Morgan fingerprint density at radius 3 is 2.62 bits per heavy atom. The summed E-state index contributed by atoms with van der Waals surface area (Å²) >= 11 is 0. The Balaban J connectivity index is 1.89. The summed E-state index contributed by atoms with van der Waals surface area (Å²) in [6, 6.07) is 10.9. The van der Waals surface area contributed by atoms with Gasteiger partial charge in [-0.05, 0) is 36.2 Å². The predicted molar refractivity (Wildman–Crippen MR) is 74.3 cm³/mol. The Kier molecular flexibility index (Phi) is 3.27. The first kappa shape index (κ1) is 13.8. The van der Waals surface area contributed by atoms with E-state index in [-0.39, 0.29) is 12.3 Å². The van der Waals surface area contributed by atoms with Crippen molar-refractivity contribution in [1.82, 2.24) is 0 Å². The van der Waals surface area contributed by atoms with Crippen molar-refractivity contribution in [2.45, 2.75) is 19.1 Å². The van der Waals surface area contributed by atoms with Gasteiger partial charge in [0.25, 0.3) is 0 Å². The fourth-order valence-electron chi connectivity index (χ4n) is 2.66. The molecular formula is C16H14F3NO. The lowest BCUT2D eigenvalue weighted by Gasteiger charge is -2.20. The number of nitrogens with zero attached hydrogens (tertiary/aromatic N) is 1. The summed E-state index contributed by atoms with van der Waals surface area (Å²) in [4.78, 5) is 1.99. The van der Waals surface area contributed by atoms with Crippen LogP contribution in [0.2, 0.25) is 0 Å². The zero-order chi connectivity index (χ0) is 15.0. The van der Waals surface area contributed by atoms with E-state index in [0.717, 1.165) is 36.9 Å². The van der Waals surface area contributed by atoms with Crippen LogP contribution in [0.15, 0.2) is 42.5 Å². The van der Waals surface area contributed by atoms with Crippen LogP contribution in [0.3, 0.4) is 0 Å². The second-order valence-corrected chi connectivity index (χ2v) is 5.14. The maximum atomic E-state index is 12.8. The molecule has 2 aromatic carbocycles. The van der Waals surface area contributed by atoms with Crippen LogP contribution < -0.4 is 4.90 Å². The number of benzene rings is 2. The molecule has 0 unspecified atom stereocenters. The van der Waals surface area contributed by atoms with Crippen molar-refractivity contribution in [1.29, 1.82) is 0 Å². The zero-order valence-electron chi connectivity index (χ0n) is 11.2. The smallest absolute Gasteiger partial charge is 0.416 e. The molecule has 1 aliphatic rings. The predicted octanol–water partition coefficient (Wildman–Crippen LogP) is 3.97. The van der Waals surface area contributed by atoms with Crippen molar-refractivity contribution in [2.75, 3.05) is 11.4 Å². The second kappa shape index (κ2) is 4.98. The van der Waals surface area contributed by atoms with Gasteiger partial charge in [0.2, 0.25) is 0 Å². The maximum absolute atomic E-state index is 12.8. The van der Waals surface area contributed by atoms with Crippen LogP contribution in [0.4, 0.5) is 18.9 Å². The van der Waals surface area contributed by atoms with Gasteiger partial charge < -0.3 is 10.0 Å². The highest BCUT2D eigenvalue weighted by atomic mass is 19.4. The first-order chi connectivity index (χ1) is 9.95. The molecule has 21 heavy (non-hydrogen) atoms. The Labute approximate surface area is 120 Å². The van der Waals surface area contributed by atoms with Crippen LogP contribution in [0.5, 0.6) is 5.75 Å². The molecule has 0 saturated heterocycles. The molecule has 2 aromatic rings. The number of aromatic hydroxyl groups is 1. The molecule has 0 atom stereocenters. The molecule has 2 nitrogen and oxygen atoms in total. The zero-order valence-corrected chi connectivity index (χ0v) is 11.2. The van der Waals surface area contributed by atoms with Gasteiger partial charge in [-0.2, -0.15) is 13.2 Å². The Morgan fingerprint density at radius 1 is 1.10 bits per heavy atom. The van der Waals surface area contributed by atoms with E-state index in [1.165, 1.54) is 5.56 Å². The van der Waals surface area contributed by atoms with Gasteiger partial charge >= 0.3 is 6.18 Å². The summed E-state index contributed by atoms with van der Waals surface area (Å²) in [7, 11) is 0. The molecule has 0 aliphatic carbocycles. The number of phenols is 1. The first-order valence-corrected chi connectivity index (χ1v) is 6.67. The van der Waals surface area contributed by atoms with Gasteiger partial charge in [-0.15, -0.1) is 0 Å². The molecule has 0 saturated carbocycles. The number of fused-ring (bicyclic) bond motifs is 1. The largest absolute Gasteiger partial charge is 0.508 e. The third-order valence-corrected chi connectivity index (χ3v) is 3.75. The van der Waals surface area contributed by atoms with Gasteiger partial charge in [-0.3, -0.25) is 0 Å². The van der Waals surface area contributed by atoms with Crippen molar-refractivity contribution < 1.29 is 18.3 Å². The average Bonchev–Trinajstić information content (AvgIpc) is 2.83. The highest BCUT2D eigenvalue weighted by Gasteiger charge is 2.31. The van der Waals surface area contributed by atoms with E-state index in [2.05, 4.69) is 0 Å². The van der Waals surface area contributed by atoms with Gasteiger partial charge in [-0.1, -0.05) is 18.2 Å². The van der Waals surface area contributed by atoms with Gasteiger partial charge in [0.15, 0.2) is 0 Å². The SMILES string of the molecule is Oc1ccc(C(F)(F)F)cc1CN1CCc2ccccc21. The molecule has 1 aliphatic heterocycles. The van der Waals surface area contributed by atoms with Crippen molar-refractivity contribution >= 4 is 5.69 Å². The number of hydrogen-bond donors (Lipinski definition) is 1. The minimum Gasteiger partial charge on any atom is -0.508 e. The topological polar surface area (TPSA) is 23.5 Å². The molecule has 0 fully saturated rings. The lowest BCUT2D eigenvalue weighted by Crippen LogP contribution is -2.20. The number of alkyl halides is 3. The lowest BCUT2D eigenvalue weighted by molar-refractivity contribution is -0.137. The molecule has 3 rings (SSSR count). The molecule has 110 valence electrons. The van der Waals surface area contributed by atoms with E-state index in [0.29, 0.717) is 5.56 Å². The summed E-state index contributed by atoms with van der Waals surface area (Å²) in [5, 5.41) is 9.81. The van der Waals surface area contributed by atoms with E-state index in [1.807, 2.05) is 29.2 Å². The van der Waals surface area contributed by atoms with Crippen LogP contribution in [0.25, 0.3) is 0 Å². The molecule has 0 radical (unpaired) electrons. The Morgan fingerprint density at radius 2 is 1.86 bits per heavy atom. The average molecular weight is 293 g/mol. The number of hydrogen-bond acceptors (Lipinski definition) is 2. The normalized spacial score (nSPS) is 14.3. The number of halogens is 3. The molecule has 1 N–H and O–H groups in total. The first-order valence-electron chi connectivity index (χ1n) is 6.67. The molecule has 5 heteroatoms. The quantitative estimate of drug-likeness (QED) is 0.905.